The van der Waals surface area contributed by atoms with Gasteiger partial charge in [0, 0.05) is 39.8 Å². The molecule has 0 atom stereocenters. The number of rotatable bonds is 3. The Hall–Kier alpha value is -0.856. The molecule has 0 aromatic heterocycles. The molecule has 0 saturated carbocycles. The van der Waals surface area contributed by atoms with E-state index >= 15 is 0 Å². The van der Waals surface area contributed by atoms with E-state index in [4.69, 9.17) is 4.74 Å². The van der Waals surface area contributed by atoms with Gasteiger partial charge in [0.15, 0.2) is 0 Å². The van der Waals surface area contributed by atoms with Crippen molar-refractivity contribution in [3.8, 4) is 5.75 Å². The van der Waals surface area contributed by atoms with Gasteiger partial charge in [0.2, 0.25) is 0 Å². The number of nitrogens with zero attached hydrogens (tertiary/aromatic N) is 1. The normalized spacial score (nSPS) is 14.5. The fourth-order valence-corrected chi connectivity index (χ4v) is 1.91. The number of likely N-dealkylation sites (N-methyl/N-ethyl adjacent to an activating group) is 1. The summed E-state index contributed by atoms with van der Waals surface area (Å²) >= 11 is 0. The Labute approximate surface area is 140 Å². The molecule has 1 aliphatic rings. The molecule has 19 heavy (non-hydrogen) atoms. The van der Waals surface area contributed by atoms with Gasteiger partial charge in [-0.3, -0.25) is 0 Å². The van der Waals surface area contributed by atoms with Crippen molar-refractivity contribution in [1.29, 1.82) is 0 Å². The summed E-state index contributed by atoms with van der Waals surface area (Å²) in [6.07, 6.45) is 5.28. The van der Waals surface area contributed by atoms with Crippen LogP contribution < -0.4 is 4.74 Å². The molecule has 2 rings (SSSR count). The Morgan fingerprint density at radius 1 is 1.26 bits per heavy atom. The van der Waals surface area contributed by atoms with Crippen molar-refractivity contribution in [1.82, 2.24) is 4.90 Å². The predicted octanol–water partition coefficient (Wildman–Crippen LogP) is 3.63. The van der Waals surface area contributed by atoms with Gasteiger partial charge in [0.1, 0.15) is 5.75 Å². The fraction of sp³-hybridized carbons (Fsp3) is 0.250. The third-order valence-corrected chi connectivity index (χ3v) is 3.06. The van der Waals surface area contributed by atoms with Crippen LogP contribution in [0.2, 0.25) is 0 Å². The van der Waals surface area contributed by atoms with Crippen LogP contribution in [0.25, 0.3) is 5.70 Å². The van der Waals surface area contributed by atoms with Crippen LogP contribution in [0, 0.1) is 6.08 Å². The standard InChI is InChI=1S/C16H18NO.Y/c1-5-18-15-9-7-14(8-10-15)16-11-6-12(2)13(3)17(16)4;/h6-10H,3,5H2,1-2,4H3;/q-1;. The van der Waals surface area contributed by atoms with Crippen molar-refractivity contribution >= 4 is 5.70 Å². The Balaban J connectivity index is 0.00000180. The summed E-state index contributed by atoms with van der Waals surface area (Å²) in [6, 6.07) is 8.06. The molecule has 1 aromatic carbocycles. The first-order valence-electron chi connectivity index (χ1n) is 6.10. The molecule has 1 heterocycles. The maximum Gasteiger partial charge on any atom is 0.117 e. The van der Waals surface area contributed by atoms with E-state index in [1.54, 1.807) is 0 Å². The number of benzene rings is 1. The van der Waals surface area contributed by atoms with Gasteiger partial charge in [-0.15, -0.1) is 17.7 Å². The van der Waals surface area contributed by atoms with Gasteiger partial charge in [-0.2, -0.15) is 12.2 Å². The first kappa shape index (κ1) is 16.2. The van der Waals surface area contributed by atoms with Crippen molar-refractivity contribution in [2.75, 3.05) is 13.7 Å². The Kier molecular flexibility index (Phi) is 6.03. The molecule has 0 saturated heterocycles. The Morgan fingerprint density at radius 3 is 2.47 bits per heavy atom. The molecule has 0 bridgehead atoms. The van der Waals surface area contributed by atoms with Crippen molar-refractivity contribution in [2.24, 2.45) is 0 Å². The van der Waals surface area contributed by atoms with E-state index in [0.717, 1.165) is 28.3 Å². The number of hydrogen-bond acceptors (Lipinski definition) is 2. The van der Waals surface area contributed by atoms with Crippen LogP contribution in [0.1, 0.15) is 19.4 Å². The van der Waals surface area contributed by atoms with Crippen molar-refractivity contribution in [2.45, 2.75) is 13.8 Å². The van der Waals surface area contributed by atoms with Crippen molar-refractivity contribution in [3.63, 3.8) is 0 Å². The zero-order valence-electron chi connectivity index (χ0n) is 11.7. The van der Waals surface area contributed by atoms with Crippen LogP contribution in [0.3, 0.4) is 0 Å². The van der Waals surface area contributed by atoms with Gasteiger partial charge >= 0.3 is 0 Å². The number of ether oxygens (including phenoxy) is 1. The molecule has 0 amide bonds. The first-order chi connectivity index (χ1) is 8.63. The van der Waals surface area contributed by atoms with Crippen LogP contribution in [0.15, 0.2) is 48.2 Å². The second kappa shape index (κ2) is 7.07. The maximum atomic E-state index is 5.44. The number of allylic oxidation sites excluding steroid dienone is 3. The largest absolute Gasteiger partial charge is 0.494 e. The van der Waals surface area contributed by atoms with Gasteiger partial charge < -0.3 is 9.64 Å². The van der Waals surface area contributed by atoms with Crippen LogP contribution in [-0.2, 0) is 32.7 Å². The van der Waals surface area contributed by atoms with E-state index in [2.05, 4.69) is 17.6 Å². The van der Waals surface area contributed by atoms with Gasteiger partial charge in [-0.25, -0.2) is 0 Å². The zero-order valence-corrected chi connectivity index (χ0v) is 14.6. The molecule has 0 N–H and O–H groups in total. The van der Waals surface area contributed by atoms with E-state index in [1.165, 1.54) is 0 Å². The van der Waals surface area contributed by atoms with Crippen molar-refractivity contribution in [3.05, 3.63) is 59.8 Å². The minimum atomic E-state index is 0. The Morgan fingerprint density at radius 2 is 1.89 bits per heavy atom. The van der Waals surface area contributed by atoms with Gasteiger partial charge in [-0.1, -0.05) is 24.8 Å². The molecule has 1 radical (unpaired) electrons. The summed E-state index contributed by atoms with van der Waals surface area (Å²) in [6.45, 7) is 8.78. The van der Waals surface area contributed by atoms with Gasteiger partial charge in [0.25, 0.3) is 0 Å². The van der Waals surface area contributed by atoms with Crippen LogP contribution in [0.5, 0.6) is 5.75 Å². The summed E-state index contributed by atoms with van der Waals surface area (Å²) in [7, 11) is 2.01. The molecule has 1 aliphatic heterocycles. The molecular weight excluding hydrogens is 311 g/mol. The summed E-state index contributed by atoms with van der Waals surface area (Å²) in [4.78, 5) is 2.06. The van der Waals surface area contributed by atoms with E-state index in [9.17, 15) is 0 Å². The topological polar surface area (TPSA) is 12.5 Å². The first-order valence-corrected chi connectivity index (χ1v) is 6.10. The van der Waals surface area contributed by atoms with Crippen molar-refractivity contribution < 1.29 is 37.4 Å². The predicted molar refractivity (Wildman–Crippen MR) is 74.9 cm³/mol. The van der Waals surface area contributed by atoms with E-state index < -0.39 is 0 Å². The minimum Gasteiger partial charge on any atom is -0.494 e. The average molecular weight is 329 g/mol. The molecule has 2 nitrogen and oxygen atoms in total. The quantitative estimate of drug-likeness (QED) is 0.785. The van der Waals surface area contributed by atoms with E-state index in [1.807, 2.05) is 51.2 Å². The SMILES string of the molecule is C=C1C(C)=C[C-]=C(c2ccc(OCC)cc2)N1C.[Y]. The summed E-state index contributed by atoms with van der Waals surface area (Å²) in [5.74, 6) is 0.894. The molecule has 3 heteroatoms. The summed E-state index contributed by atoms with van der Waals surface area (Å²) in [5, 5.41) is 0. The second-order valence-electron chi connectivity index (χ2n) is 4.28. The van der Waals surface area contributed by atoms with E-state index in [0.29, 0.717) is 6.61 Å². The van der Waals surface area contributed by atoms with Crippen LogP contribution in [-0.4, -0.2) is 18.6 Å². The monoisotopic (exact) mass is 329 g/mol. The summed E-state index contributed by atoms with van der Waals surface area (Å²) in [5.41, 5.74) is 4.31. The second-order valence-corrected chi connectivity index (χ2v) is 4.28. The van der Waals surface area contributed by atoms with Crippen LogP contribution >= 0.6 is 0 Å². The fourth-order valence-electron chi connectivity index (χ4n) is 1.91. The third kappa shape index (κ3) is 3.58. The molecule has 0 spiro atoms. The van der Waals surface area contributed by atoms with E-state index in [-0.39, 0.29) is 32.7 Å². The zero-order chi connectivity index (χ0) is 13.1. The molecule has 0 unspecified atom stereocenters. The smallest absolute Gasteiger partial charge is 0.117 e. The third-order valence-electron chi connectivity index (χ3n) is 3.06. The molecule has 0 fully saturated rings. The molecule has 0 aliphatic carbocycles. The van der Waals surface area contributed by atoms with Crippen LogP contribution in [0.4, 0.5) is 0 Å². The minimum absolute atomic E-state index is 0. The Bertz CT molecular complexity index is 514. The molecule has 97 valence electrons. The van der Waals surface area contributed by atoms with Gasteiger partial charge in [0.05, 0.1) is 6.61 Å². The average Bonchev–Trinajstić information content (AvgIpc) is 2.38. The van der Waals surface area contributed by atoms with Gasteiger partial charge in [-0.05, 0) is 24.8 Å². The summed E-state index contributed by atoms with van der Waals surface area (Å²) < 4.78 is 5.44. The number of hydrogen-bond donors (Lipinski definition) is 0. The molecule has 1 aromatic rings. The molecular formula is C16H18NOY-. The maximum absolute atomic E-state index is 5.44.